The van der Waals surface area contributed by atoms with Crippen LogP contribution in [0, 0.1) is 4.77 Å². The smallest absolute Gasteiger partial charge is 0.262 e. The highest BCUT2D eigenvalue weighted by atomic mass is 32.1. The Hall–Kier alpha value is -1.95. The Kier molecular flexibility index (Phi) is 3.17. The molecular weight excluding hydrogens is 274 g/mol. The van der Waals surface area contributed by atoms with Gasteiger partial charge < -0.3 is 9.88 Å². The molecule has 1 N–H and O–H groups in total. The van der Waals surface area contributed by atoms with Crippen molar-refractivity contribution in [2.75, 3.05) is 13.1 Å². The topological polar surface area (TPSA) is 58.1 Å². The third-order valence-electron chi connectivity index (χ3n) is 3.69. The summed E-state index contributed by atoms with van der Waals surface area (Å²) in [6.07, 6.45) is 1.06. The van der Waals surface area contributed by atoms with Crippen molar-refractivity contribution in [2.45, 2.75) is 19.9 Å². The number of amides is 1. The van der Waals surface area contributed by atoms with E-state index in [0.29, 0.717) is 27.8 Å². The summed E-state index contributed by atoms with van der Waals surface area (Å²) in [6, 6.07) is 5.12. The van der Waals surface area contributed by atoms with Gasteiger partial charge in [0.05, 0.1) is 10.9 Å². The monoisotopic (exact) mass is 289 g/mol. The van der Waals surface area contributed by atoms with Crippen molar-refractivity contribution >= 4 is 29.0 Å². The lowest BCUT2D eigenvalue weighted by Crippen LogP contribution is -2.42. The standard InChI is InChI=1S/C14H15N3O2S/c1-2-17-13(19)10-5-4-9(8-11(10)15-14(17)20)12(18)16-6-3-7-16/h4-5,8H,2-3,6-7H2,1H3,(H,15,20). The highest BCUT2D eigenvalue weighted by Gasteiger charge is 2.21. The van der Waals surface area contributed by atoms with E-state index in [1.54, 1.807) is 23.1 Å². The third kappa shape index (κ3) is 1.96. The summed E-state index contributed by atoms with van der Waals surface area (Å²) in [7, 11) is 0. The summed E-state index contributed by atoms with van der Waals surface area (Å²) in [6.45, 7) is 4.02. The van der Waals surface area contributed by atoms with Gasteiger partial charge in [0.25, 0.3) is 11.5 Å². The number of benzene rings is 1. The maximum atomic E-state index is 12.2. The lowest BCUT2D eigenvalue weighted by Gasteiger charge is -2.30. The molecule has 104 valence electrons. The molecule has 1 saturated heterocycles. The number of H-pyrrole nitrogens is 1. The van der Waals surface area contributed by atoms with Gasteiger partial charge in [-0.25, -0.2) is 0 Å². The van der Waals surface area contributed by atoms with E-state index in [1.165, 1.54) is 4.57 Å². The third-order valence-corrected chi connectivity index (χ3v) is 4.01. The lowest BCUT2D eigenvalue weighted by molar-refractivity contribution is 0.0652. The van der Waals surface area contributed by atoms with Gasteiger partial charge in [0.1, 0.15) is 0 Å². The molecule has 1 aliphatic heterocycles. The average Bonchev–Trinajstić information content (AvgIpc) is 2.36. The zero-order valence-corrected chi connectivity index (χ0v) is 12.0. The van der Waals surface area contributed by atoms with Crippen LogP contribution in [0.5, 0.6) is 0 Å². The molecule has 5 nitrogen and oxygen atoms in total. The number of aromatic amines is 1. The van der Waals surface area contributed by atoms with E-state index in [9.17, 15) is 9.59 Å². The van der Waals surface area contributed by atoms with Gasteiger partial charge >= 0.3 is 0 Å². The van der Waals surface area contributed by atoms with Gasteiger partial charge in [-0.1, -0.05) is 0 Å². The number of likely N-dealkylation sites (tertiary alicyclic amines) is 1. The molecule has 0 spiro atoms. The summed E-state index contributed by atoms with van der Waals surface area (Å²) in [4.78, 5) is 29.2. The molecule has 1 fully saturated rings. The predicted molar refractivity (Wildman–Crippen MR) is 79.6 cm³/mol. The van der Waals surface area contributed by atoms with Crippen LogP contribution in [0.25, 0.3) is 10.9 Å². The van der Waals surface area contributed by atoms with Crippen LogP contribution in [-0.4, -0.2) is 33.4 Å². The van der Waals surface area contributed by atoms with E-state index in [4.69, 9.17) is 12.2 Å². The van der Waals surface area contributed by atoms with Crippen molar-refractivity contribution in [1.29, 1.82) is 0 Å². The van der Waals surface area contributed by atoms with E-state index >= 15 is 0 Å². The molecule has 0 atom stereocenters. The molecule has 1 amide bonds. The minimum Gasteiger partial charge on any atom is -0.339 e. The molecule has 3 rings (SSSR count). The number of aromatic nitrogens is 2. The van der Waals surface area contributed by atoms with Gasteiger partial charge in [0, 0.05) is 25.2 Å². The van der Waals surface area contributed by atoms with Crippen LogP contribution in [0.2, 0.25) is 0 Å². The number of rotatable bonds is 2. The van der Waals surface area contributed by atoms with E-state index < -0.39 is 0 Å². The molecule has 0 unspecified atom stereocenters. The largest absolute Gasteiger partial charge is 0.339 e. The van der Waals surface area contributed by atoms with Crippen LogP contribution < -0.4 is 5.56 Å². The number of fused-ring (bicyclic) bond motifs is 1. The fraction of sp³-hybridized carbons (Fsp3) is 0.357. The van der Waals surface area contributed by atoms with Gasteiger partial charge in [0.2, 0.25) is 0 Å². The highest BCUT2D eigenvalue weighted by Crippen LogP contribution is 2.16. The van der Waals surface area contributed by atoms with Crippen molar-refractivity contribution in [1.82, 2.24) is 14.5 Å². The van der Waals surface area contributed by atoms with Gasteiger partial charge in [-0.05, 0) is 43.8 Å². The zero-order valence-electron chi connectivity index (χ0n) is 11.2. The summed E-state index contributed by atoms with van der Waals surface area (Å²) in [5.74, 6) is 0.0112. The van der Waals surface area contributed by atoms with Crippen molar-refractivity contribution < 1.29 is 4.79 Å². The maximum absolute atomic E-state index is 12.2. The Morgan fingerprint density at radius 3 is 2.75 bits per heavy atom. The van der Waals surface area contributed by atoms with Crippen LogP contribution in [0.1, 0.15) is 23.7 Å². The minimum atomic E-state index is -0.116. The molecule has 0 saturated carbocycles. The van der Waals surface area contributed by atoms with Crippen LogP contribution >= 0.6 is 12.2 Å². The van der Waals surface area contributed by atoms with Crippen LogP contribution in [-0.2, 0) is 6.54 Å². The second kappa shape index (κ2) is 4.86. The fourth-order valence-electron chi connectivity index (χ4n) is 2.38. The number of carbonyl (C=O) groups is 1. The van der Waals surface area contributed by atoms with Crippen LogP contribution in [0.3, 0.4) is 0 Å². The van der Waals surface area contributed by atoms with Crippen LogP contribution in [0.4, 0.5) is 0 Å². The second-order valence-corrected chi connectivity index (χ2v) is 5.27. The van der Waals surface area contributed by atoms with E-state index in [1.807, 2.05) is 6.92 Å². The quantitative estimate of drug-likeness (QED) is 0.859. The van der Waals surface area contributed by atoms with Gasteiger partial charge in [-0.2, -0.15) is 0 Å². The Labute approximate surface area is 120 Å². The van der Waals surface area contributed by atoms with Gasteiger partial charge in [-0.15, -0.1) is 0 Å². The molecule has 6 heteroatoms. The van der Waals surface area contributed by atoms with Gasteiger partial charge in [0.15, 0.2) is 4.77 Å². The SMILES string of the molecule is CCn1c(=S)[nH]c2cc(C(=O)N3CCC3)ccc2c1=O. The highest BCUT2D eigenvalue weighted by molar-refractivity contribution is 7.71. The first-order valence-corrected chi connectivity index (χ1v) is 7.09. The van der Waals surface area contributed by atoms with Gasteiger partial charge in [-0.3, -0.25) is 14.2 Å². The first-order valence-electron chi connectivity index (χ1n) is 6.68. The number of hydrogen-bond donors (Lipinski definition) is 1. The van der Waals surface area contributed by atoms with E-state index in [2.05, 4.69) is 4.98 Å². The van der Waals surface area contributed by atoms with E-state index in [0.717, 1.165) is 19.5 Å². The summed E-state index contributed by atoms with van der Waals surface area (Å²) < 4.78 is 1.90. The zero-order chi connectivity index (χ0) is 14.3. The Bertz CT molecular complexity index is 802. The number of nitrogens with zero attached hydrogens (tertiary/aromatic N) is 2. The molecule has 2 heterocycles. The minimum absolute atomic E-state index is 0.0112. The van der Waals surface area contributed by atoms with E-state index in [-0.39, 0.29) is 11.5 Å². The Morgan fingerprint density at radius 1 is 1.40 bits per heavy atom. The molecule has 1 aliphatic rings. The second-order valence-electron chi connectivity index (χ2n) is 4.89. The maximum Gasteiger partial charge on any atom is 0.262 e. The first kappa shape index (κ1) is 13.1. The predicted octanol–water partition coefficient (Wildman–Crippen LogP) is 1.92. The summed E-state index contributed by atoms with van der Waals surface area (Å²) in [5, 5.41) is 0.556. The molecule has 2 aromatic rings. The number of hydrogen-bond acceptors (Lipinski definition) is 3. The summed E-state index contributed by atoms with van der Waals surface area (Å²) in [5.41, 5.74) is 1.10. The molecule has 20 heavy (non-hydrogen) atoms. The van der Waals surface area contributed by atoms with Crippen molar-refractivity contribution in [3.8, 4) is 0 Å². The normalized spacial score (nSPS) is 14.3. The number of nitrogens with one attached hydrogen (secondary N) is 1. The van der Waals surface area contributed by atoms with Crippen LogP contribution in [0.15, 0.2) is 23.0 Å². The van der Waals surface area contributed by atoms with Crippen molar-refractivity contribution in [3.63, 3.8) is 0 Å². The number of carbonyl (C=O) groups excluding carboxylic acids is 1. The van der Waals surface area contributed by atoms with Crippen molar-refractivity contribution in [3.05, 3.63) is 38.9 Å². The molecule has 0 radical (unpaired) electrons. The molecular formula is C14H15N3O2S. The first-order chi connectivity index (χ1) is 9.61. The molecule has 1 aromatic carbocycles. The fourth-order valence-corrected chi connectivity index (χ4v) is 2.70. The van der Waals surface area contributed by atoms with Crippen molar-refractivity contribution in [2.24, 2.45) is 0 Å². The molecule has 0 bridgehead atoms. The Balaban J connectivity index is 2.14. The molecule has 1 aromatic heterocycles. The summed E-state index contributed by atoms with van der Waals surface area (Å²) >= 11 is 5.17. The molecule has 0 aliphatic carbocycles. The lowest BCUT2D eigenvalue weighted by atomic mass is 10.1. The average molecular weight is 289 g/mol. The Morgan fingerprint density at radius 2 is 2.15 bits per heavy atom.